The summed E-state index contributed by atoms with van der Waals surface area (Å²) in [7, 11) is -3.15. The summed E-state index contributed by atoms with van der Waals surface area (Å²) in [5.74, 6) is -0.931. The van der Waals surface area contributed by atoms with Crippen molar-refractivity contribution in [2.75, 3.05) is 11.6 Å². The van der Waals surface area contributed by atoms with Crippen LogP contribution in [0.1, 0.15) is 53.7 Å². The van der Waals surface area contributed by atoms with E-state index < -0.39 is 27.8 Å². The first-order valence-corrected chi connectivity index (χ1v) is 11.4. The van der Waals surface area contributed by atoms with Crippen LogP contribution in [0.4, 0.5) is 5.69 Å². The molecule has 2 aromatic rings. The van der Waals surface area contributed by atoms with Gasteiger partial charge in [0.05, 0.1) is 11.3 Å². The number of hydrogen-bond acceptors (Lipinski definition) is 5. The van der Waals surface area contributed by atoms with E-state index in [1.54, 1.807) is 12.1 Å². The van der Waals surface area contributed by atoms with Crippen molar-refractivity contribution >= 4 is 27.4 Å². The number of amides is 1. The van der Waals surface area contributed by atoms with Crippen molar-refractivity contribution in [1.82, 2.24) is 0 Å². The van der Waals surface area contributed by atoms with Gasteiger partial charge in [-0.3, -0.25) is 4.79 Å². The molecule has 0 aliphatic heterocycles. The highest BCUT2D eigenvalue weighted by Gasteiger charge is 2.21. The van der Waals surface area contributed by atoms with Crippen LogP contribution >= 0.6 is 0 Å². The summed E-state index contributed by atoms with van der Waals surface area (Å²) in [4.78, 5) is 24.9. The molecule has 0 aromatic heterocycles. The minimum Gasteiger partial charge on any atom is -0.449 e. The molecule has 2 rings (SSSR count). The Kier molecular flexibility index (Phi) is 7.19. The van der Waals surface area contributed by atoms with Crippen molar-refractivity contribution in [3.05, 3.63) is 64.7 Å². The van der Waals surface area contributed by atoms with Crippen LogP contribution in [-0.4, -0.2) is 32.7 Å². The number of aryl methyl sites for hydroxylation is 1. The van der Waals surface area contributed by atoms with E-state index in [1.165, 1.54) is 19.1 Å². The summed E-state index contributed by atoms with van der Waals surface area (Å²) in [6.45, 7) is 7.51. The van der Waals surface area contributed by atoms with Crippen molar-refractivity contribution in [2.24, 2.45) is 0 Å². The van der Waals surface area contributed by atoms with E-state index in [-0.39, 0.29) is 17.2 Å². The van der Waals surface area contributed by atoms with Crippen LogP contribution in [0.25, 0.3) is 0 Å². The van der Waals surface area contributed by atoms with Crippen LogP contribution < -0.4 is 5.32 Å². The van der Waals surface area contributed by atoms with Crippen LogP contribution in [-0.2, 0) is 25.1 Å². The number of benzene rings is 2. The predicted octanol–water partition coefficient (Wildman–Crippen LogP) is 3.85. The van der Waals surface area contributed by atoms with Gasteiger partial charge in [0.1, 0.15) is 0 Å². The highest BCUT2D eigenvalue weighted by atomic mass is 32.2. The maximum absolute atomic E-state index is 12.6. The maximum atomic E-state index is 12.6. The average Bonchev–Trinajstić information content (AvgIpc) is 2.62. The third-order valence-electron chi connectivity index (χ3n) is 4.45. The topological polar surface area (TPSA) is 89.5 Å². The maximum Gasteiger partial charge on any atom is 0.338 e. The monoisotopic (exact) mass is 417 g/mol. The molecule has 1 atom stereocenters. The lowest BCUT2D eigenvalue weighted by atomic mass is 9.98. The van der Waals surface area contributed by atoms with Gasteiger partial charge in [0.25, 0.3) is 5.91 Å². The Morgan fingerprint density at radius 2 is 1.66 bits per heavy atom. The van der Waals surface area contributed by atoms with Crippen molar-refractivity contribution in [3.8, 4) is 0 Å². The Balaban J connectivity index is 2.05. The Labute approximate surface area is 172 Å². The summed E-state index contributed by atoms with van der Waals surface area (Å²) in [5.41, 5.74) is 3.51. The molecule has 7 heteroatoms. The van der Waals surface area contributed by atoms with Gasteiger partial charge < -0.3 is 10.1 Å². The smallest absolute Gasteiger partial charge is 0.338 e. The summed E-state index contributed by atoms with van der Waals surface area (Å²) in [6.07, 6.45) is 0.159. The van der Waals surface area contributed by atoms with E-state index in [0.717, 1.165) is 23.1 Å². The van der Waals surface area contributed by atoms with Gasteiger partial charge in [-0.1, -0.05) is 44.2 Å². The van der Waals surface area contributed by atoms with Crippen LogP contribution in [0.3, 0.4) is 0 Å². The minimum absolute atomic E-state index is 0.101. The highest BCUT2D eigenvalue weighted by molar-refractivity contribution is 7.89. The zero-order valence-corrected chi connectivity index (χ0v) is 18.2. The number of rotatable bonds is 7. The Morgan fingerprint density at radius 1 is 1.03 bits per heavy atom. The number of para-hydroxylation sites is 1. The molecule has 156 valence electrons. The Bertz CT molecular complexity index is 994. The summed E-state index contributed by atoms with van der Waals surface area (Å²) in [5, 5.41) is 2.87. The summed E-state index contributed by atoms with van der Waals surface area (Å²) < 4.78 is 28.0. The van der Waals surface area contributed by atoms with Gasteiger partial charge in [-0.05, 0) is 48.6 Å². The highest BCUT2D eigenvalue weighted by Crippen LogP contribution is 2.27. The van der Waals surface area contributed by atoms with Crippen molar-refractivity contribution < 1.29 is 22.7 Å². The van der Waals surface area contributed by atoms with E-state index in [9.17, 15) is 18.0 Å². The Morgan fingerprint density at radius 3 is 2.21 bits per heavy atom. The molecular formula is C22H27NO5S. The van der Waals surface area contributed by atoms with Crippen molar-refractivity contribution in [2.45, 2.75) is 45.5 Å². The van der Waals surface area contributed by atoms with Gasteiger partial charge in [0, 0.05) is 11.9 Å². The number of ether oxygens (including phenoxy) is 1. The second-order valence-corrected chi connectivity index (χ2v) is 9.64. The van der Waals surface area contributed by atoms with Crippen LogP contribution in [0, 0.1) is 6.92 Å². The van der Waals surface area contributed by atoms with Gasteiger partial charge >= 0.3 is 5.97 Å². The number of sulfone groups is 1. The van der Waals surface area contributed by atoms with Crippen LogP contribution in [0.2, 0.25) is 0 Å². The number of carbonyl (C=O) groups excluding carboxylic acids is 2. The fourth-order valence-electron chi connectivity index (χ4n) is 2.89. The number of esters is 1. The first-order valence-electron chi connectivity index (χ1n) is 9.36. The molecular weight excluding hydrogens is 390 g/mol. The third-order valence-corrected chi connectivity index (χ3v) is 5.30. The lowest BCUT2D eigenvalue weighted by Gasteiger charge is -2.19. The van der Waals surface area contributed by atoms with Gasteiger partial charge in [-0.2, -0.15) is 0 Å². The minimum atomic E-state index is -3.15. The van der Waals surface area contributed by atoms with Crippen LogP contribution in [0.5, 0.6) is 0 Å². The standard InChI is InChI=1S/C22H27NO5S/c1-14(2)19-8-6-7-15(3)20(19)23-21(24)16(4)28-22(25)18-11-9-17(10-12-18)13-29(5,26)27/h6-12,14,16H,13H2,1-5H3,(H,23,24)/t16-/m1/s1. The largest absolute Gasteiger partial charge is 0.449 e. The molecule has 29 heavy (non-hydrogen) atoms. The number of nitrogens with one attached hydrogen (secondary N) is 1. The second kappa shape index (κ2) is 9.22. The normalized spacial score (nSPS) is 12.5. The Hall–Kier alpha value is -2.67. The molecule has 0 saturated heterocycles. The molecule has 0 saturated carbocycles. The number of carbonyl (C=O) groups is 2. The molecule has 1 N–H and O–H groups in total. The molecule has 0 bridgehead atoms. The third kappa shape index (κ3) is 6.42. The summed E-state index contributed by atoms with van der Waals surface area (Å²) in [6, 6.07) is 11.9. The van der Waals surface area contributed by atoms with Gasteiger partial charge in [-0.25, -0.2) is 13.2 Å². The molecule has 0 aliphatic rings. The van der Waals surface area contributed by atoms with E-state index in [0.29, 0.717) is 5.56 Å². The fourth-order valence-corrected chi connectivity index (χ4v) is 3.69. The first kappa shape index (κ1) is 22.6. The lowest BCUT2D eigenvalue weighted by molar-refractivity contribution is -0.123. The average molecular weight is 418 g/mol. The molecule has 0 fully saturated rings. The first-order chi connectivity index (χ1) is 13.5. The van der Waals surface area contributed by atoms with Gasteiger partial charge in [0.15, 0.2) is 15.9 Å². The van der Waals surface area contributed by atoms with Crippen LogP contribution in [0.15, 0.2) is 42.5 Å². The lowest BCUT2D eigenvalue weighted by Crippen LogP contribution is -2.30. The molecule has 6 nitrogen and oxygen atoms in total. The number of hydrogen-bond donors (Lipinski definition) is 1. The zero-order valence-electron chi connectivity index (χ0n) is 17.4. The molecule has 0 aliphatic carbocycles. The molecule has 2 aromatic carbocycles. The van der Waals surface area contributed by atoms with Gasteiger partial charge in [-0.15, -0.1) is 0 Å². The van der Waals surface area contributed by atoms with Crippen molar-refractivity contribution in [1.29, 1.82) is 0 Å². The molecule has 0 heterocycles. The fraction of sp³-hybridized carbons (Fsp3) is 0.364. The van der Waals surface area contributed by atoms with E-state index >= 15 is 0 Å². The van der Waals surface area contributed by atoms with E-state index in [1.807, 2.05) is 39.0 Å². The second-order valence-electron chi connectivity index (χ2n) is 7.50. The molecule has 0 spiro atoms. The van der Waals surface area contributed by atoms with E-state index in [4.69, 9.17) is 4.74 Å². The number of anilines is 1. The zero-order chi connectivity index (χ0) is 21.8. The molecule has 0 unspecified atom stereocenters. The van der Waals surface area contributed by atoms with E-state index in [2.05, 4.69) is 5.32 Å². The molecule has 0 radical (unpaired) electrons. The summed E-state index contributed by atoms with van der Waals surface area (Å²) >= 11 is 0. The SMILES string of the molecule is Cc1cccc(C(C)C)c1NC(=O)[C@@H](C)OC(=O)c1ccc(CS(C)(=O)=O)cc1. The van der Waals surface area contributed by atoms with Gasteiger partial charge in [0.2, 0.25) is 0 Å². The predicted molar refractivity (Wildman–Crippen MR) is 114 cm³/mol. The quantitative estimate of drug-likeness (QED) is 0.691. The molecule has 1 amide bonds. The van der Waals surface area contributed by atoms with Crippen molar-refractivity contribution in [3.63, 3.8) is 0 Å².